The Morgan fingerprint density at radius 2 is 1.62 bits per heavy atom. The topological polar surface area (TPSA) is 60.7 Å². The van der Waals surface area contributed by atoms with Crippen LogP contribution in [-0.2, 0) is 0 Å². The van der Waals surface area contributed by atoms with Crippen molar-refractivity contribution in [1.29, 1.82) is 0 Å². The van der Waals surface area contributed by atoms with Crippen LogP contribution in [0.2, 0.25) is 0 Å². The molecule has 3 nitrogen and oxygen atoms in total. The van der Waals surface area contributed by atoms with Gasteiger partial charge in [-0.15, -0.1) is 0 Å². The summed E-state index contributed by atoms with van der Waals surface area (Å²) in [6.45, 7) is 13.5. The third-order valence-corrected chi connectivity index (χ3v) is 13.1. The molecule has 1 unspecified atom stereocenters. The predicted molar refractivity (Wildman–Crippen MR) is 129 cm³/mol. The van der Waals surface area contributed by atoms with Gasteiger partial charge in [-0.05, 0) is 136 Å². The minimum absolute atomic E-state index is 0.0692. The third-order valence-electron chi connectivity index (χ3n) is 13.1. The second-order valence-corrected chi connectivity index (χ2v) is 14.4. The largest absolute Gasteiger partial charge is 0.393 e. The summed E-state index contributed by atoms with van der Waals surface area (Å²) in [4.78, 5) is 0. The van der Waals surface area contributed by atoms with E-state index in [1.165, 1.54) is 51.4 Å². The number of aliphatic hydroxyl groups is 3. The maximum Gasteiger partial charge on any atom is 0.0849 e. The van der Waals surface area contributed by atoms with E-state index in [0.29, 0.717) is 39.9 Å². The van der Waals surface area contributed by atoms with Crippen LogP contribution in [-0.4, -0.2) is 33.1 Å². The summed E-state index contributed by atoms with van der Waals surface area (Å²) in [7, 11) is 0. The van der Waals surface area contributed by atoms with E-state index in [0.717, 1.165) is 30.6 Å². The zero-order valence-electron chi connectivity index (χ0n) is 21.7. The standard InChI is InChI=1S/C29H50O3/c1-18(7-10-24(31)25(3,4)32)20-11-13-27(6)23-9-8-21-19(2)22(30)12-14-28(21)17-29(23,28)16-15-26(20,27)5/h18-24,30-32H,7-17H2,1-6H3/t18-,19+,20-,21+,22+,23+,24?,26-,27+,28-,29+/m1/s1. The Morgan fingerprint density at radius 3 is 2.31 bits per heavy atom. The van der Waals surface area contributed by atoms with Crippen LogP contribution < -0.4 is 0 Å². The van der Waals surface area contributed by atoms with Gasteiger partial charge in [0.2, 0.25) is 0 Å². The lowest BCUT2D eigenvalue weighted by Gasteiger charge is -2.62. The monoisotopic (exact) mass is 446 g/mol. The normalized spacial score (nSPS) is 54.1. The van der Waals surface area contributed by atoms with E-state index < -0.39 is 11.7 Å². The first-order valence-electron chi connectivity index (χ1n) is 13.9. The number of hydrogen-bond donors (Lipinski definition) is 3. The van der Waals surface area contributed by atoms with Crippen molar-refractivity contribution in [3.63, 3.8) is 0 Å². The van der Waals surface area contributed by atoms with Gasteiger partial charge >= 0.3 is 0 Å². The van der Waals surface area contributed by atoms with Crippen molar-refractivity contribution in [3.8, 4) is 0 Å². The summed E-state index contributed by atoms with van der Waals surface area (Å²) < 4.78 is 0. The molecule has 0 radical (unpaired) electrons. The summed E-state index contributed by atoms with van der Waals surface area (Å²) in [5.74, 6) is 3.45. The fourth-order valence-electron chi connectivity index (χ4n) is 10.9. The summed E-state index contributed by atoms with van der Waals surface area (Å²) in [6.07, 6.45) is 13.0. The van der Waals surface area contributed by atoms with Gasteiger partial charge in [0.15, 0.2) is 0 Å². The van der Waals surface area contributed by atoms with E-state index in [2.05, 4.69) is 27.7 Å². The molecular formula is C29H50O3. The Balaban J connectivity index is 1.35. The lowest BCUT2D eigenvalue weighted by molar-refractivity contribution is -0.143. The van der Waals surface area contributed by atoms with Crippen LogP contribution >= 0.6 is 0 Å². The Morgan fingerprint density at radius 1 is 0.906 bits per heavy atom. The van der Waals surface area contributed by atoms with Gasteiger partial charge in [-0.25, -0.2) is 0 Å². The summed E-state index contributed by atoms with van der Waals surface area (Å²) in [6, 6.07) is 0. The van der Waals surface area contributed by atoms with Crippen LogP contribution in [0, 0.1) is 51.2 Å². The highest BCUT2D eigenvalue weighted by molar-refractivity contribution is 5.29. The van der Waals surface area contributed by atoms with Crippen molar-refractivity contribution in [1.82, 2.24) is 0 Å². The van der Waals surface area contributed by atoms with E-state index in [1.54, 1.807) is 13.8 Å². The van der Waals surface area contributed by atoms with Gasteiger partial charge in [0.05, 0.1) is 17.8 Å². The Labute approximate surface area is 196 Å². The molecule has 5 aliphatic rings. The summed E-state index contributed by atoms with van der Waals surface area (Å²) in [5, 5.41) is 31.2. The maximum absolute atomic E-state index is 10.6. The number of fused-ring (bicyclic) bond motifs is 2. The highest BCUT2D eigenvalue weighted by Gasteiger charge is 2.81. The summed E-state index contributed by atoms with van der Waals surface area (Å²) in [5.41, 5.74) is 0.965. The molecule has 5 aliphatic carbocycles. The minimum atomic E-state index is -1.01. The molecule has 3 heteroatoms. The van der Waals surface area contributed by atoms with E-state index in [1.807, 2.05) is 0 Å². The highest BCUT2D eigenvalue weighted by atomic mass is 16.3. The fourth-order valence-corrected chi connectivity index (χ4v) is 10.9. The number of rotatable bonds is 5. The van der Waals surface area contributed by atoms with E-state index >= 15 is 0 Å². The van der Waals surface area contributed by atoms with Crippen molar-refractivity contribution in [3.05, 3.63) is 0 Å². The van der Waals surface area contributed by atoms with Gasteiger partial charge in [-0.3, -0.25) is 0 Å². The van der Waals surface area contributed by atoms with Crippen LogP contribution in [0.4, 0.5) is 0 Å². The van der Waals surface area contributed by atoms with Crippen LogP contribution in [0.15, 0.2) is 0 Å². The highest BCUT2D eigenvalue weighted by Crippen LogP contribution is 2.88. The average molecular weight is 447 g/mol. The third kappa shape index (κ3) is 2.89. The lowest BCUT2D eigenvalue weighted by Crippen LogP contribution is -2.56. The van der Waals surface area contributed by atoms with Gasteiger partial charge in [-0.1, -0.05) is 27.7 Å². The van der Waals surface area contributed by atoms with Gasteiger partial charge in [0.1, 0.15) is 0 Å². The van der Waals surface area contributed by atoms with Crippen LogP contribution in [0.5, 0.6) is 0 Å². The Bertz CT molecular complexity index is 743. The zero-order valence-corrected chi connectivity index (χ0v) is 21.7. The van der Waals surface area contributed by atoms with Gasteiger partial charge in [0.25, 0.3) is 0 Å². The van der Waals surface area contributed by atoms with Crippen LogP contribution in [0.1, 0.15) is 112 Å². The molecule has 0 saturated heterocycles. The molecule has 2 spiro atoms. The van der Waals surface area contributed by atoms with Gasteiger partial charge in [0, 0.05) is 0 Å². The van der Waals surface area contributed by atoms with Crippen molar-refractivity contribution in [2.45, 2.75) is 130 Å². The predicted octanol–water partition coefficient (Wildman–Crippen LogP) is 5.94. The Hall–Kier alpha value is -0.120. The smallest absolute Gasteiger partial charge is 0.0849 e. The fraction of sp³-hybridized carbons (Fsp3) is 1.00. The molecule has 0 amide bonds. The molecule has 0 bridgehead atoms. The van der Waals surface area contributed by atoms with Crippen LogP contribution in [0.3, 0.4) is 0 Å². The molecule has 0 aromatic rings. The minimum Gasteiger partial charge on any atom is -0.393 e. The second kappa shape index (κ2) is 7.20. The first kappa shape index (κ1) is 23.6. The van der Waals surface area contributed by atoms with Crippen molar-refractivity contribution in [2.75, 3.05) is 0 Å². The first-order chi connectivity index (χ1) is 14.8. The molecule has 5 fully saturated rings. The molecule has 3 N–H and O–H groups in total. The maximum atomic E-state index is 10.6. The first-order valence-corrected chi connectivity index (χ1v) is 13.9. The molecule has 184 valence electrons. The van der Waals surface area contributed by atoms with Crippen LogP contribution in [0.25, 0.3) is 0 Å². The van der Waals surface area contributed by atoms with E-state index in [4.69, 9.17) is 0 Å². The molecule has 11 atom stereocenters. The van der Waals surface area contributed by atoms with E-state index in [9.17, 15) is 15.3 Å². The molecule has 32 heavy (non-hydrogen) atoms. The average Bonchev–Trinajstić information content (AvgIpc) is 3.31. The molecule has 5 saturated carbocycles. The molecule has 0 heterocycles. The molecule has 0 aromatic heterocycles. The molecular weight excluding hydrogens is 396 g/mol. The SMILES string of the molecule is C[C@@H]1[C@@H](O)CC[C@]23C[C@]24CC[C@]2(C)[C@@H]([C@H](C)CCC(O)C(C)(C)O)CC[C@@]2(C)[C@@H]4CC[C@@H]13. The van der Waals surface area contributed by atoms with Crippen molar-refractivity contribution < 1.29 is 15.3 Å². The number of aliphatic hydroxyl groups excluding tert-OH is 2. The number of hydrogen-bond acceptors (Lipinski definition) is 3. The molecule has 0 aromatic carbocycles. The van der Waals surface area contributed by atoms with E-state index in [-0.39, 0.29) is 6.10 Å². The van der Waals surface area contributed by atoms with Gasteiger partial charge < -0.3 is 15.3 Å². The lowest BCUT2D eigenvalue weighted by atomic mass is 9.43. The van der Waals surface area contributed by atoms with Crippen molar-refractivity contribution in [2.24, 2.45) is 51.2 Å². The quantitative estimate of drug-likeness (QED) is 0.489. The summed E-state index contributed by atoms with van der Waals surface area (Å²) >= 11 is 0. The Kier molecular flexibility index (Phi) is 5.31. The second-order valence-electron chi connectivity index (χ2n) is 14.4. The van der Waals surface area contributed by atoms with Crippen molar-refractivity contribution >= 4 is 0 Å². The zero-order chi connectivity index (χ0) is 23.3. The van der Waals surface area contributed by atoms with Gasteiger partial charge in [-0.2, -0.15) is 0 Å². The molecule has 0 aliphatic heterocycles. The molecule has 5 rings (SSSR count).